The summed E-state index contributed by atoms with van der Waals surface area (Å²) in [7, 11) is 0. The highest BCUT2D eigenvalue weighted by Crippen LogP contribution is 2.51. The number of fused-ring (bicyclic) bond motifs is 3. The average molecular weight is 329 g/mol. The number of hydrogen-bond donors (Lipinski definition) is 1. The second kappa shape index (κ2) is 5.29. The third-order valence-corrected chi connectivity index (χ3v) is 7.09. The van der Waals surface area contributed by atoms with E-state index in [1.807, 2.05) is 0 Å². The van der Waals surface area contributed by atoms with Crippen molar-refractivity contribution in [3.63, 3.8) is 0 Å². The van der Waals surface area contributed by atoms with Crippen LogP contribution in [-0.2, 0) is 0 Å². The Hall–Kier alpha value is -0.970. The topological polar surface area (TPSA) is 15.3 Å². The molecule has 1 N–H and O–H groups in total. The monoisotopic (exact) mass is 328 g/mol. The van der Waals surface area contributed by atoms with E-state index in [2.05, 4.69) is 50.9 Å². The van der Waals surface area contributed by atoms with Crippen LogP contribution in [-0.4, -0.2) is 31.4 Å². The lowest BCUT2D eigenvalue weighted by molar-refractivity contribution is 0.403. The van der Waals surface area contributed by atoms with Gasteiger partial charge in [0.2, 0.25) is 0 Å². The molecule has 3 aliphatic rings. The lowest BCUT2D eigenvalue weighted by Crippen LogP contribution is -2.44. The van der Waals surface area contributed by atoms with Crippen LogP contribution in [0.15, 0.2) is 33.9 Å². The Morgan fingerprint density at radius 2 is 2.23 bits per heavy atom. The molecule has 1 aromatic heterocycles. The second-order valence-electron chi connectivity index (χ2n) is 6.49. The Bertz CT molecular complexity index is 695. The van der Waals surface area contributed by atoms with Gasteiger partial charge >= 0.3 is 0 Å². The molecule has 1 saturated heterocycles. The van der Waals surface area contributed by atoms with Crippen molar-refractivity contribution in [1.82, 2.24) is 5.32 Å². The van der Waals surface area contributed by atoms with Crippen molar-refractivity contribution < 1.29 is 0 Å². The lowest BCUT2D eigenvalue weighted by Gasteiger charge is -2.33. The minimum absolute atomic E-state index is 0.680. The first-order valence-electron chi connectivity index (χ1n) is 8.22. The number of thioether (sulfide) groups is 1. The Morgan fingerprint density at radius 1 is 1.23 bits per heavy atom. The van der Waals surface area contributed by atoms with E-state index in [-0.39, 0.29) is 0 Å². The van der Waals surface area contributed by atoms with Crippen LogP contribution in [0.25, 0.3) is 11.1 Å². The zero-order valence-corrected chi connectivity index (χ0v) is 14.2. The molecule has 3 aliphatic heterocycles. The van der Waals surface area contributed by atoms with Crippen molar-refractivity contribution in [2.45, 2.75) is 29.7 Å². The van der Waals surface area contributed by atoms with E-state index in [0.29, 0.717) is 5.92 Å². The van der Waals surface area contributed by atoms with Gasteiger partial charge in [-0.3, -0.25) is 0 Å². The molecule has 0 spiro atoms. The molecule has 2 aromatic rings. The minimum Gasteiger partial charge on any atom is -0.367 e. The maximum Gasteiger partial charge on any atom is 0.0544 e. The molecule has 0 aliphatic carbocycles. The molecule has 2 nitrogen and oxygen atoms in total. The molecule has 5 rings (SSSR count). The number of nitrogens with zero attached hydrogens (tertiary/aromatic N) is 1. The number of thiophene rings is 1. The van der Waals surface area contributed by atoms with Gasteiger partial charge in [-0.05, 0) is 70.8 Å². The van der Waals surface area contributed by atoms with Crippen LogP contribution in [0.4, 0.5) is 5.69 Å². The summed E-state index contributed by atoms with van der Waals surface area (Å²) < 4.78 is 0. The molecule has 2 unspecified atom stereocenters. The molecular weight excluding hydrogens is 308 g/mol. The predicted octanol–water partition coefficient (Wildman–Crippen LogP) is 4.18. The highest BCUT2D eigenvalue weighted by atomic mass is 32.2. The summed E-state index contributed by atoms with van der Waals surface area (Å²) in [6.45, 7) is 3.56. The maximum atomic E-state index is 3.62. The van der Waals surface area contributed by atoms with E-state index in [0.717, 1.165) is 12.6 Å². The van der Waals surface area contributed by atoms with Crippen molar-refractivity contribution >= 4 is 28.8 Å². The smallest absolute Gasteiger partial charge is 0.0544 e. The summed E-state index contributed by atoms with van der Waals surface area (Å²) in [5, 5.41) is 8.08. The summed E-state index contributed by atoms with van der Waals surface area (Å²) >= 11 is 3.86. The maximum absolute atomic E-state index is 3.62. The number of rotatable bonds is 1. The van der Waals surface area contributed by atoms with Crippen LogP contribution in [0.2, 0.25) is 0 Å². The summed E-state index contributed by atoms with van der Waals surface area (Å²) in [5.74, 6) is 1.94. The van der Waals surface area contributed by atoms with Gasteiger partial charge in [0.15, 0.2) is 0 Å². The summed E-state index contributed by atoms with van der Waals surface area (Å²) in [5.41, 5.74) is 5.97. The molecule has 2 atom stereocenters. The molecule has 0 saturated carbocycles. The third-order valence-electron chi connectivity index (χ3n) is 5.29. The van der Waals surface area contributed by atoms with Crippen LogP contribution in [0.3, 0.4) is 0 Å². The van der Waals surface area contributed by atoms with Gasteiger partial charge in [0, 0.05) is 29.9 Å². The number of hydrogen-bond acceptors (Lipinski definition) is 4. The summed E-state index contributed by atoms with van der Waals surface area (Å²) in [6.07, 6.45) is 2.60. The van der Waals surface area contributed by atoms with Gasteiger partial charge in [0.25, 0.3) is 0 Å². The first kappa shape index (κ1) is 13.5. The van der Waals surface area contributed by atoms with Crippen molar-refractivity contribution in [3.8, 4) is 11.1 Å². The van der Waals surface area contributed by atoms with E-state index in [9.17, 15) is 0 Å². The number of benzene rings is 1. The number of nitrogens with one attached hydrogen (secondary N) is 1. The van der Waals surface area contributed by atoms with Gasteiger partial charge in [-0.25, -0.2) is 0 Å². The molecule has 0 radical (unpaired) electrons. The van der Waals surface area contributed by atoms with Crippen molar-refractivity contribution in [2.75, 3.05) is 30.3 Å². The largest absolute Gasteiger partial charge is 0.367 e. The molecule has 0 bridgehead atoms. The molecule has 4 heteroatoms. The van der Waals surface area contributed by atoms with E-state index in [1.165, 1.54) is 47.7 Å². The zero-order chi connectivity index (χ0) is 14.5. The van der Waals surface area contributed by atoms with Gasteiger partial charge in [0.1, 0.15) is 0 Å². The molecule has 4 heterocycles. The first-order valence-corrected chi connectivity index (χ1v) is 10.2. The molecule has 114 valence electrons. The van der Waals surface area contributed by atoms with Crippen LogP contribution >= 0.6 is 23.1 Å². The average Bonchev–Trinajstić information content (AvgIpc) is 3.13. The summed E-state index contributed by atoms with van der Waals surface area (Å²) in [6, 6.07) is 7.90. The quantitative estimate of drug-likeness (QED) is 0.845. The Morgan fingerprint density at radius 3 is 3.14 bits per heavy atom. The van der Waals surface area contributed by atoms with Crippen molar-refractivity contribution in [1.29, 1.82) is 0 Å². The van der Waals surface area contributed by atoms with Gasteiger partial charge in [-0.15, -0.1) is 11.8 Å². The molecular formula is C18H20N2S2. The Labute approximate surface area is 139 Å². The molecule has 22 heavy (non-hydrogen) atoms. The fourth-order valence-electron chi connectivity index (χ4n) is 4.32. The highest BCUT2D eigenvalue weighted by Gasteiger charge is 2.41. The number of anilines is 1. The summed E-state index contributed by atoms with van der Waals surface area (Å²) in [4.78, 5) is 4.26. The minimum atomic E-state index is 0.680. The standard InChI is InChI=1S/C18H20N2S2/c1-5-20-16-2-4-19-10-15(16)14-8-13(12-3-7-21-11-12)9-17(18(14)20)22-6-1/h3,7-9,11,15-16,19H,1-2,4-6,10H2. The molecule has 1 fully saturated rings. The molecule has 0 amide bonds. The van der Waals surface area contributed by atoms with E-state index in [4.69, 9.17) is 0 Å². The third kappa shape index (κ3) is 1.97. The van der Waals surface area contributed by atoms with Gasteiger partial charge < -0.3 is 10.2 Å². The van der Waals surface area contributed by atoms with Gasteiger partial charge in [0.05, 0.1) is 5.69 Å². The van der Waals surface area contributed by atoms with Crippen LogP contribution in [0.5, 0.6) is 0 Å². The first-order chi connectivity index (χ1) is 10.9. The van der Waals surface area contributed by atoms with Crippen LogP contribution < -0.4 is 10.2 Å². The second-order valence-corrected chi connectivity index (χ2v) is 8.40. The fraction of sp³-hybridized carbons (Fsp3) is 0.444. The zero-order valence-electron chi connectivity index (χ0n) is 12.5. The predicted molar refractivity (Wildman–Crippen MR) is 96.5 cm³/mol. The van der Waals surface area contributed by atoms with E-state index in [1.54, 1.807) is 22.6 Å². The van der Waals surface area contributed by atoms with E-state index < -0.39 is 0 Å². The van der Waals surface area contributed by atoms with Crippen LogP contribution in [0, 0.1) is 0 Å². The Kier molecular flexibility index (Phi) is 3.24. The number of piperidine rings is 1. The molecule has 1 aromatic carbocycles. The van der Waals surface area contributed by atoms with E-state index >= 15 is 0 Å². The van der Waals surface area contributed by atoms with Crippen molar-refractivity contribution in [3.05, 3.63) is 34.5 Å². The van der Waals surface area contributed by atoms with Crippen LogP contribution in [0.1, 0.15) is 24.3 Å². The fourth-order valence-corrected chi connectivity index (χ4v) is 6.06. The van der Waals surface area contributed by atoms with Gasteiger partial charge in [-0.2, -0.15) is 11.3 Å². The Balaban J connectivity index is 1.70. The SMILES string of the molecule is c1cc(-c2cc3c4c(c2)C2CNCCC2N4CCCS3)cs1. The lowest BCUT2D eigenvalue weighted by atomic mass is 9.89. The highest BCUT2D eigenvalue weighted by molar-refractivity contribution is 7.99. The normalized spacial score (nSPS) is 26.5. The van der Waals surface area contributed by atoms with Crippen molar-refractivity contribution in [2.24, 2.45) is 0 Å². The van der Waals surface area contributed by atoms with Gasteiger partial charge in [-0.1, -0.05) is 0 Å².